The second-order valence-corrected chi connectivity index (χ2v) is 7.50. The molecule has 1 aliphatic rings. The van der Waals surface area contributed by atoms with Crippen LogP contribution in [0, 0.1) is 6.92 Å². The van der Waals surface area contributed by atoms with Gasteiger partial charge in [0, 0.05) is 4.90 Å². The summed E-state index contributed by atoms with van der Waals surface area (Å²) in [6.45, 7) is 3.36. The molecule has 2 aromatic heterocycles. The van der Waals surface area contributed by atoms with Crippen molar-refractivity contribution < 1.29 is 28.9 Å². The molecule has 0 spiro atoms. The van der Waals surface area contributed by atoms with E-state index in [-0.39, 0.29) is 25.8 Å². The summed E-state index contributed by atoms with van der Waals surface area (Å²) in [6, 6.07) is 3.88. The highest BCUT2D eigenvalue weighted by molar-refractivity contribution is 7.99. The molecule has 32 heavy (non-hydrogen) atoms. The zero-order chi connectivity index (χ0) is 23.1. The van der Waals surface area contributed by atoms with Crippen LogP contribution in [0.15, 0.2) is 28.5 Å². The molecule has 0 radical (unpaired) electrons. The van der Waals surface area contributed by atoms with Gasteiger partial charge in [0.05, 0.1) is 33.3 Å². The molecule has 1 aliphatic heterocycles. The standard InChI is InChI=1S/C19H21N5O5S.H3NO/c1-11-7-12-13(29-10-28-12)8-14(11)30-19-23-16-17(20)21-9-22-18(16)24(19)4-6-27-5-3-15(25)26-2;1-2/h7-9H,3-6,10H2,1-2H3,(H2,20,21,22);2H,1H2. The third-order valence-electron chi connectivity index (χ3n) is 4.53. The number of esters is 1. The number of fused-ring (bicyclic) bond motifs is 2. The van der Waals surface area contributed by atoms with E-state index in [9.17, 15) is 4.79 Å². The second-order valence-electron chi connectivity index (χ2n) is 6.49. The van der Waals surface area contributed by atoms with Gasteiger partial charge >= 0.3 is 5.97 Å². The first-order chi connectivity index (χ1) is 15.6. The number of carbonyl (C=O) groups excluding carboxylic acids is 1. The SMILES string of the molecule is COC(=O)CCOCCn1c(Sc2cc3c(cc2C)OCO3)nc2c(N)ncnc21.NO. The smallest absolute Gasteiger partial charge is 0.307 e. The molecule has 0 bridgehead atoms. The van der Waals surface area contributed by atoms with Gasteiger partial charge in [-0.15, -0.1) is 0 Å². The summed E-state index contributed by atoms with van der Waals surface area (Å²) in [5.74, 6) is 4.95. The summed E-state index contributed by atoms with van der Waals surface area (Å²) < 4.78 is 23.1. The van der Waals surface area contributed by atoms with Gasteiger partial charge in [-0.25, -0.2) is 20.8 Å². The van der Waals surface area contributed by atoms with Crippen molar-refractivity contribution in [1.82, 2.24) is 19.5 Å². The average Bonchev–Trinajstić information content (AvgIpc) is 3.40. The molecule has 3 heterocycles. The predicted molar refractivity (Wildman–Crippen MR) is 115 cm³/mol. The molecule has 3 aromatic rings. The van der Waals surface area contributed by atoms with Crippen molar-refractivity contribution in [2.45, 2.75) is 29.9 Å². The molecular formula is C19H24N6O6S. The zero-order valence-electron chi connectivity index (χ0n) is 17.6. The van der Waals surface area contributed by atoms with Crippen LogP contribution in [-0.2, 0) is 20.8 Å². The van der Waals surface area contributed by atoms with E-state index >= 15 is 0 Å². The van der Waals surface area contributed by atoms with Crippen molar-refractivity contribution in [3.63, 3.8) is 0 Å². The minimum atomic E-state index is -0.307. The molecule has 0 unspecified atom stereocenters. The van der Waals surface area contributed by atoms with Gasteiger partial charge in [-0.3, -0.25) is 4.79 Å². The first-order valence-corrected chi connectivity index (χ1v) is 10.3. The van der Waals surface area contributed by atoms with Gasteiger partial charge in [-0.2, -0.15) is 0 Å². The van der Waals surface area contributed by atoms with Crippen LogP contribution >= 0.6 is 11.8 Å². The Bertz CT molecular complexity index is 1090. The number of nitrogens with two attached hydrogens (primary N) is 2. The van der Waals surface area contributed by atoms with Crippen LogP contribution in [0.25, 0.3) is 11.2 Å². The maximum absolute atomic E-state index is 11.2. The Morgan fingerprint density at radius 1 is 1.25 bits per heavy atom. The van der Waals surface area contributed by atoms with E-state index in [1.807, 2.05) is 23.6 Å². The Kier molecular flexibility index (Phi) is 8.05. The van der Waals surface area contributed by atoms with Gasteiger partial charge in [-0.1, -0.05) is 11.8 Å². The molecular weight excluding hydrogens is 440 g/mol. The normalized spacial score (nSPS) is 11.9. The van der Waals surface area contributed by atoms with Crippen LogP contribution in [-0.4, -0.2) is 57.8 Å². The minimum absolute atomic E-state index is 0.203. The van der Waals surface area contributed by atoms with E-state index in [4.69, 9.17) is 25.2 Å². The Hall–Kier alpha value is -3.13. The molecule has 4 rings (SSSR count). The molecule has 12 nitrogen and oxygen atoms in total. The van der Waals surface area contributed by atoms with E-state index in [0.717, 1.165) is 16.2 Å². The molecule has 0 saturated heterocycles. The molecule has 1 aromatic carbocycles. The number of nitrogens with zero attached hydrogens (tertiary/aromatic N) is 4. The number of aromatic nitrogens is 4. The van der Waals surface area contributed by atoms with Crippen molar-refractivity contribution in [2.75, 3.05) is 32.9 Å². The summed E-state index contributed by atoms with van der Waals surface area (Å²) in [5.41, 5.74) is 8.20. The van der Waals surface area contributed by atoms with Crippen molar-refractivity contribution in [2.24, 2.45) is 5.90 Å². The Labute approximate surface area is 187 Å². The van der Waals surface area contributed by atoms with Crippen LogP contribution in [0.5, 0.6) is 11.5 Å². The number of benzene rings is 1. The molecule has 5 N–H and O–H groups in total. The van der Waals surface area contributed by atoms with Gasteiger partial charge in [0.2, 0.25) is 6.79 Å². The Balaban J connectivity index is 0.00000141. The Morgan fingerprint density at radius 3 is 2.75 bits per heavy atom. The fourth-order valence-electron chi connectivity index (χ4n) is 2.96. The van der Waals surface area contributed by atoms with Gasteiger partial charge in [0.15, 0.2) is 33.6 Å². The van der Waals surface area contributed by atoms with Crippen molar-refractivity contribution in [3.05, 3.63) is 24.0 Å². The molecule has 0 atom stereocenters. The van der Waals surface area contributed by atoms with Gasteiger partial charge < -0.3 is 34.5 Å². The number of rotatable bonds is 8. The fraction of sp³-hybridized carbons (Fsp3) is 0.368. The van der Waals surface area contributed by atoms with E-state index in [1.165, 1.54) is 25.2 Å². The first kappa shape index (κ1) is 23.5. The van der Waals surface area contributed by atoms with E-state index in [2.05, 4.69) is 25.6 Å². The number of hydrogen-bond donors (Lipinski definition) is 3. The third kappa shape index (κ3) is 5.19. The molecule has 0 amide bonds. The highest BCUT2D eigenvalue weighted by Crippen LogP contribution is 2.40. The topological polar surface area (TPSA) is 170 Å². The number of ether oxygens (including phenoxy) is 4. The van der Waals surface area contributed by atoms with Crippen molar-refractivity contribution in [1.29, 1.82) is 0 Å². The summed E-state index contributed by atoms with van der Waals surface area (Å²) in [6.07, 6.45) is 1.61. The zero-order valence-corrected chi connectivity index (χ0v) is 18.4. The van der Waals surface area contributed by atoms with Crippen molar-refractivity contribution in [3.8, 4) is 11.5 Å². The highest BCUT2D eigenvalue weighted by atomic mass is 32.2. The van der Waals surface area contributed by atoms with Gasteiger partial charge in [0.1, 0.15) is 6.33 Å². The van der Waals surface area contributed by atoms with Gasteiger partial charge in [-0.05, 0) is 24.6 Å². The summed E-state index contributed by atoms with van der Waals surface area (Å²) >= 11 is 1.48. The Morgan fingerprint density at radius 2 is 2.00 bits per heavy atom. The number of imidazole rings is 1. The quantitative estimate of drug-likeness (QED) is 0.250. The molecule has 0 aliphatic carbocycles. The predicted octanol–water partition coefficient (Wildman–Crippen LogP) is 1.51. The second kappa shape index (κ2) is 10.9. The van der Waals surface area contributed by atoms with Crippen LogP contribution in [0.3, 0.4) is 0 Å². The largest absolute Gasteiger partial charge is 0.469 e. The third-order valence-corrected chi connectivity index (χ3v) is 5.69. The summed E-state index contributed by atoms with van der Waals surface area (Å²) in [5, 5.41) is 7.20. The maximum Gasteiger partial charge on any atom is 0.307 e. The maximum atomic E-state index is 11.2. The summed E-state index contributed by atoms with van der Waals surface area (Å²) in [7, 11) is 1.35. The van der Waals surface area contributed by atoms with E-state index in [0.29, 0.717) is 41.0 Å². The lowest BCUT2D eigenvalue weighted by Crippen LogP contribution is -2.11. The minimum Gasteiger partial charge on any atom is -0.469 e. The fourth-order valence-corrected chi connectivity index (χ4v) is 3.97. The average molecular weight is 465 g/mol. The van der Waals surface area contributed by atoms with Crippen molar-refractivity contribution >= 4 is 34.7 Å². The van der Waals surface area contributed by atoms with E-state index < -0.39 is 0 Å². The van der Waals surface area contributed by atoms with Crippen LogP contribution in [0.4, 0.5) is 5.82 Å². The number of aryl methyl sites for hydroxylation is 1. The number of methoxy groups -OCH3 is 1. The molecule has 0 fully saturated rings. The highest BCUT2D eigenvalue weighted by Gasteiger charge is 2.20. The van der Waals surface area contributed by atoms with E-state index in [1.54, 1.807) is 0 Å². The lowest BCUT2D eigenvalue weighted by Gasteiger charge is -2.10. The number of nitrogen functional groups attached to an aromatic ring is 1. The lowest BCUT2D eigenvalue weighted by molar-refractivity contribution is -0.141. The molecule has 13 heteroatoms. The van der Waals surface area contributed by atoms with Crippen LogP contribution in [0.1, 0.15) is 12.0 Å². The summed E-state index contributed by atoms with van der Waals surface area (Å²) in [4.78, 5) is 25.2. The molecule has 172 valence electrons. The van der Waals surface area contributed by atoms with Gasteiger partial charge in [0.25, 0.3) is 0 Å². The number of hydrogen-bond acceptors (Lipinski definition) is 12. The monoisotopic (exact) mass is 464 g/mol. The molecule has 0 saturated carbocycles. The number of anilines is 1. The number of carbonyl (C=O) groups is 1. The van der Waals surface area contributed by atoms with Crippen LogP contribution < -0.4 is 21.1 Å². The van der Waals surface area contributed by atoms with Crippen LogP contribution in [0.2, 0.25) is 0 Å². The lowest BCUT2D eigenvalue weighted by atomic mass is 10.2. The first-order valence-electron chi connectivity index (χ1n) is 9.52.